The molecule has 0 aliphatic carbocycles. The minimum absolute atomic E-state index is 0.359. The molecule has 0 aromatic carbocycles. The van der Waals surface area contributed by atoms with Crippen LogP contribution in [-0.4, -0.2) is 71.4 Å². The smallest absolute Gasteiger partial charge is 0.326 e. The van der Waals surface area contributed by atoms with Crippen molar-refractivity contribution in [1.82, 2.24) is 16.0 Å². The van der Waals surface area contributed by atoms with Crippen LogP contribution in [0.2, 0.25) is 0 Å². The molecule has 4 amide bonds. The number of primary amides is 1. The molecule has 0 aliphatic heterocycles. The lowest BCUT2D eigenvalue weighted by atomic mass is 10.0. The number of carboxylic acid groups (broad SMARTS) is 1. The number of thioether (sulfide) groups is 1. The van der Waals surface area contributed by atoms with Crippen molar-refractivity contribution < 1.29 is 29.1 Å². The van der Waals surface area contributed by atoms with Gasteiger partial charge in [-0.05, 0) is 24.3 Å². The molecule has 12 heteroatoms. The first kappa shape index (κ1) is 25.7. The maximum absolute atomic E-state index is 12.2. The van der Waals surface area contributed by atoms with Crippen molar-refractivity contribution in [2.75, 3.05) is 18.6 Å². The topological polar surface area (TPSA) is 194 Å². The number of carbonyl (C=O) groups excluding carboxylic acids is 4. The van der Waals surface area contributed by atoms with Crippen LogP contribution in [-0.2, 0) is 24.0 Å². The first-order valence-corrected chi connectivity index (χ1v) is 10.0. The molecular formula is C16H29N5O6S. The standard InChI is InChI=1S/C16H29N5O6S/c1-8(2)13(16(26)27)21-12(23)7-19-15(25)10(6-11(18)22)20-14(24)9(17)4-5-28-3/h8-10,13H,4-7,17H2,1-3H3,(H2,18,22)(H,19,25)(H,20,24)(H,21,23)(H,26,27). The highest BCUT2D eigenvalue weighted by Gasteiger charge is 2.27. The Morgan fingerprint density at radius 2 is 1.68 bits per heavy atom. The average Bonchev–Trinajstić information content (AvgIpc) is 2.60. The molecule has 11 nitrogen and oxygen atoms in total. The van der Waals surface area contributed by atoms with E-state index >= 15 is 0 Å². The first-order valence-electron chi connectivity index (χ1n) is 8.62. The summed E-state index contributed by atoms with van der Waals surface area (Å²) in [5.74, 6) is -3.90. The minimum Gasteiger partial charge on any atom is -0.480 e. The number of nitrogens with one attached hydrogen (secondary N) is 3. The number of carboxylic acids is 1. The van der Waals surface area contributed by atoms with Crippen molar-refractivity contribution in [2.24, 2.45) is 17.4 Å². The molecule has 0 saturated carbocycles. The molecule has 8 N–H and O–H groups in total. The minimum atomic E-state index is -1.29. The van der Waals surface area contributed by atoms with Crippen molar-refractivity contribution in [3.8, 4) is 0 Å². The summed E-state index contributed by atoms with van der Waals surface area (Å²) in [5, 5.41) is 15.9. The van der Waals surface area contributed by atoms with E-state index in [1.807, 2.05) is 6.26 Å². The van der Waals surface area contributed by atoms with Gasteiger partial charge in [0.05, 0.1) is 19.0 Å². The summed E-state index contributed by atoms with van der Waals surface area (Å²) < 4.78 is 0. The van der Waals surface area contributed by atoms with E-state index in [1.54, 1.807) is 13.8 Å². The molecule has 0 saturated heterocycles. The van der Waals surface area contributed by atoms with Gasteiger partial charge in [0.2, 0.25) is 23.6 Å². The summed E-state index contributed by atoms with van der Waals surface area (Å²) in [7, 11) is 0. The van der Waals surface area contributed by atoms with Gasteiger partial charge in [0.15, 0.2) is 0 Å². The van der Waals surface area contributed by atoms with Gasteiger partial charge in [0.25, 0.3) is 0 Å². The molecule has 0 aromatic heterocycles. The Hall–Kier alpha value is -2.34. The summed E-state index contributed by atoms with van der Waals surface area (Å²) in [6, 6.07) is -3.26. The highest BCUT2D eigenvalue weighted by Crippen LogP contribution is 2.02. The third-order valence-electron chi connectivity index (χ3n) is 3.68. The zero-order chi connectivity index (χ0) is 21.9. The van der Waals surface area contributed by atoms with E-state index in [0.717, 1.165) is 0 Å². The molecule has 0 fully saturated rings. The van der Waals surface area contributed by atoms with E-state index in [1.165, 1.54) is 11.8 Å². The van der Waals surface area contributed by atoms with E-state index < -0.39 is 60.7 Å². The van der Waals surface area contributed by atoms with Crippen molar-refractivity contribution in [3.05, 3.63) is 0 Å². The van der Waals surface area contributed by atoms with Gasteiger partial charge in [0.1, 0.15) is 12.1 Å². The molecule has 0 aliphatic rings. The summed E-state index contributed by atoms with van der Waals surface area (Å²) in [6.45, 7) is 2.71. The number of hydrogen-bond donors (Lipinski definition) is 6. The van der Waals surface area contributed by atoms with E-state index in [-0.39, 0.29) is 5.92 Å². The zero-order valence-corrected chi connectivity index (χ0v) is 17.0. The number of amides is 4. The lowest BCUT2D eigenvalue weighted by Crippen LogP contribution is -2.54. The maximum Gasteiger partial charge on any atom is 0.326 e. The third kappa shape index (κ3) is 10.1. The van der Waals surface area contributed by atoms with Crippen LogP contribution < -0.4 is 27.4 Å². The molecule has 0 bridgehead atoms. The fourth-order valence-electron chi connectivity index (χ4n) is 2.09. The van der Waals surface area contributed by atoms with Crippen LogP contribution in [0.25, 0.3) is 0 Å². The molecule has 0 spiro atoms. The summed E-state index contributed by atoms with van der Waals surface area (Å²) in [5.41, 5.74) is 10.8. The van der Waals surface area contributed by atoms with E-state index in [4.69, 9.17) is 16.6 Å². The number of carbonyl (C=O) groups is 5. The van der Waals surface area contributed by atoms with E-state index in [9.17, 15) is 24.0 Å². The molecule has 3 unspecified atom stereocenters. The lowest BCUT2D eigenvalue weighted by molar-refractivity contribution is -0.143. The number of aliphatic carboxylic acids is 1. The van der Waals surface area contributed by atoms with E-state index in [0.29, 0.717) is 12.2 Å². The van der Waals surface area contributed by atoms with Crippen molar-refractivity contribution in [1.29, 1.82) is 0 Å². The highest BCUT2D eigenvalue weighted by atomic mass is 32.2. The summed E-state index contributed by atoms with van der Waals surface area (Å²) in [4.78, 5) is 58.4. The third-order valence-corrected chi connectivity index (χ3v) is 4.32. The van der Waals surface area contributed by atoms with Gasteiger partial charge in [-0.2, -0.15) is 11.8 Å². The van der Waals surface area contributed by atoms with Gasteiger partial charge >= 0.3 is 5.97 Å². The predicted molar refractivity (Wildman–Crippen MR) is 104 cm³/mol. The van der Waals surface area contributed by atoms with Crippen LogP contribution in [0.3, 0.4) is 0 Å². The van der Waals surface area contributed by atoms with Crippen molar-refractivity contribution in [2.45, 2.75) is 44.8 Å². The number of rotatable bonds is 13. The van der Waals surface area contributed by atoms with Gasteiger partial charge in [-0.15, -0.1) is 0 Å². The first-order chi connectivity index (χ1) is 13.0. The molecule has 28 heavy (non-hydrogen) atoms. The molecule has 160 valence electrons. The Morgan fingerprint density at radius 1 is 1.07 bits per heavy atom. The molecule has 0 aromatic rings. The monoisotopic (exact) mass is 419 g/mol. The maximum atomic E-state index is 12.2. The van der Waals surface area contributed by atoms with Crippen LogP contribution in [0.15, 0.2) is 0 Å². The Bertz CT molecular complexity index is 586. The van der Waals surface area contributed by atoms with Gasteiger partial charge in [0, 0.05) is 0 Å². The van der Waals surface area contributed by atoms with Gasteiger partial charge in [-0.25, -0.2) is 4.79 Å². The predicted octanol–water partition coefficient (Wildman–Crippen LogP) is -2.23. The van der Waals surface area contributed by atoms with Crippen LogP contribution >= 0.6 is 11.8 Å². The average molecular weight is 420 g/mol. The Labute approximate surface area is 167 Å². The van der Waals surface area contributed by atoms with Crippen molar-refractivity contribution >= 4 is 41.4 Å². The van der Waals surface area contributed by atoms with Crippen LogP contribution in [0, 0.1) is 5.92 Å². The van der Waals surface area contributed by atoms with Gasteiger partial charge in [-0.3, -0.25) is 19.2 Å². The summed E-state index contributed by atoms with van der Waals surface area (Å²) in [6.07, 6.45) is 1.76. The quantitative estimate of drug-likeness (QED) is 0.193. The molecule has 3 atom stereocenters. The Balaban J connectivity index is 4.81. The summed E-state index contributed by atoms with van der Waals surface area (Å²) >= 11 is 1.50. The second-order valence-electron chi connectivity index (χ2n) is 6.46. The highest BCUT2D eigenvalue weighted by molar-refractivity contribution is 7.98. The van der Waals surface area contributed by atoms with Gasteiger partial charge in [-0.1, -0.05) is 13.8 Å². The molecule has 0 heterocycles. The molecule has 0 radical (unpaired) electrons. The van der Waals surface area contributed by atoms with Crippen LogP contribution in [0.1, 0.15) is 26.7 Å². The Kier molecular flexibility index (Phi) is 11.9. The Morgan fingerprint density at radius 3 is 2.14 bits per heavy atom. The van der Waals surface area contributed by atoms with Crippen molar-refractivity contribution in [3.63, 3.8) is 0 Å². The number of hydrogen-bond acceptors (Lipinski definition) is 7. The lowest BCUT2D eigenvalue weighted by Gasteiger charge is -2.21. The molecular weight excluding hydrogens is 390 g/mol. The fraction of sp³-hybridized carbons (Fsp3) is 0.688. The molecule has 0 rings (SSSR count). The second-order valence-corrected chi connectivity index (χ2v) is 7.45. The second kappa shape index (κ2) is 12.9. The SMILES string of the molecule is CSCCC(N)C(=O)NC(CC(N)=O)C(=O)NCC(=O)NC(C(=O)O)C(C)C. The van der Waals surface area contributed by atoms with Crippen LogP contribution in [0.5, 0.6) is 0 Å². The normalized spacial score (nSPS) is 13.9. The fourth-order valence-corrected chi connectivity index (χ4v) is 2.58. The number of nitrogens with two attached hydrogens (primary N) is 2. The van der Waals surface area contributed by atoms with Gasteiger partial charge < -0.3 is 32.5 Å². The van der Waals surface area contributed by atoms with Crippen LogP contribution in [0.4, 0.5) is 0 Å². The van der Waals surface area contributed by atoms with E-state index in [2.05, 4.69) is 16.0 Å². The zero-order valence-electron chi connectivity index (χ0n) is 16.2. The largest absolute Gasteiger partial charge is 0.480 e.